The minimum absolute atomic E-state index is 0.0789. The van der Waals surface area contributed by atoms with Gasteiger partial charge in [0.05, 0.1) is 0 Å². The van der Waals surface area contributed by atoms with Gasteiger partial charge in [-0.25, -0.2) is 4.52 Å². The highest BCUT2D eigenvalue weighted by Gasteiger charge is 2.20. The van der Waals surface area contributed by atoms with Gasteiger partial charge >= 0.3 is 0 Å². The maximum absolute atomic E-state index is 11.3. The van der Waals surface area contributed by atoms with Crippen LogP contribution < -0.4 is 11.1 Å². The van der Waals surface area contributed by atoms with Crippen LogP contribution in [0.3, 0.4) is 0 Å². The summed E-state index contributed by atoms with van der Waals surface area (Å²) in [7, 11) is 0. The van der Waals surface area contributed by atoms with Crippen LogP contribution in [-0.2, 0) is 4.79 Å². The van der Waals surface area contributed by atoms with Gasteiger partial charge in [-0.3, -0.25) is 4.79 Å². The summed E-state index contributed by atoms with van der Waals surface area (Å²) in [5, 5.41) is 7.28. The molecule has 1 atom stereocenters. The van der Waals surface area contributed by atoms with E-state index in [0.717, 1.165) is 11.3 Å². The standard InChI is InChI=1S/C12H17N5O/c1-7(2)10(11(13)18)15-12-14-9-6-4-5-8(3)17(9)16-12/h4-7,10H,1-3H3,(H2,13,18)(H,15,16). The SMILES string of the molecule is Cc1cccc2nc(NC(C(N)=O)C(C)C)nn12. The van der Waals surface area contributed by atoms with E-state index in [9.17, 15) is 4.79 Å². The van der Waals surface area contributed by atoms with Crippen LogP contribution in [0.2, 0.25) is 0 Å². The second kappa shape index (κ2) is 4.64. The van der Waals surface area contributed by atoms with E-state index in [0.29, 0.717) is 5.95 Å². The Morgan fingerprint density at radius 3 is 2.72 bits per heavy atom. The topological polar surface area (TPSA) is 85.3 Å². The molecular formula is C12H17N5O. The monoisotopic (exact) mass is 247 g/mol. The van der Waals surface area contributed by atoms with Crippen molar-refractivity contribution < 1.29 is 4.79 Å². The van der Waals surface area contributed by atoms with E-state index in [1.807, 2.05) is 39.0 Å². The van der Waals surface area contributed by atoms with Gasteiger partial charge in [0, 0.05) is 5.69 Å². The number of primary amides is 1. The lowest BCUT2D eigenvalue weighted by Gasteiger charge is -2.17. The molecule has 2 aromatic heterocycles. The van der Waals surface area contributed by atoms with E-state index in [1.54, 1.807) is 4.52 Å². The molecule has 0 saturated heterocycles. The third-order valence-corrected chi connectivity index (χ3v) is 2.81. The van der Waals surface area contributed by atoms with Crippen molar-refractivity contribution in [2.45, 2.75) is 26.8 Å². The van der Waals surface area contributed by atoms with Crippen molar-refractivity contribution in [3.05, 3.63) is 23.9 Å². The molecule has 2 aromatic rings. The van der Waals surface area contributed by atoms with Gasteiger partial charge in [0.25, 0.3) is 0 Å². The Hall–Kier alpha value is -2.11. The lowest BCUT2D eigenvalue weighted by atomic mass is 10.0. The molecule has 0 aromatic carbocycles. The van der Waals surface area contributed by atoms with Crippen LogP contribution in [0.1, 0.15) is 19.5 Å². The number of aryl methyl sites for hydroxylation is 1. The first-order valence-electron chi connectivity index (χ1n) is 5.87. The molecule has 3 N–H and O–H groups in total. The number of rotatable bonds is 4. The fourth-order valence-corrected chi connectivity index (χ4v) is 1.80. The average molecular weight is 247 g/mol. The number of hydrogen-bond acceptors (Lipinski definition) is 4. The minimum atomic E-state index is -0.470. The second-order valence-corrected chi connectivity index (χ2v) is 4.64. The summed E-state index contributed by atoms with van der Waals surface area (Å²) in [5.41, 5.74) is 7.07. The van der Waals surface area contributed by atoms with Crippen molar-refractivity contribution in [3.8, 4) is 0 Å². The zero-order valence-electron chi connectivity index (χ0n) is 10.7. The molecule has 0 saturated carbocycles. The van der Waals surface area contributed by atoms with Gasteiger partial charge in [-0.15, -0.1) is 5.10 Å². The van der Waals surface area contributed by atoms with Gasteiger partial charge in [-0.2, -0.15) is 4.98 Å². The molecule has 96 valence electrons. The van der Waals surface area contributed by atoms with Crippen LogP contribution in [-0.4, -0.2) is 26.5 Å². The summed E-state index contributed by atoms with van der Waals surface area (Å²) in [4.78, 5) is 15.6. The number of anilines is 1. The van der Waals surface area contributed by atoms with Crippen molar-refractivity contribution in [2.75, 3.05) is 5.32 Å². The molecule has 0 radical (unpaired) electrons. The number of amides is 1. The highest BCUT2D eigenvalue weighted by Crippen LogP contribution is 2.11. The molecule has 1 amide bonds. The average Bonchev–Trinajstić information content (AvgIpc) is 2.69. The minimum Gasteiger partial charge on any atom is -0.368 e. The lowest BCUT2D eigenvalue weighted by molar-refractivity contribution is -0.119. The first-order chi connectivity index (χ1) is 8.49. The van der Waals surface area contributed by atoms with Gasteiger partial charge in [0.2, 0.25) is 11.9 Å². The number of nitrogens with two attached hydrogens (primary N) is 1. The molecule has 6 heteroatoms. The van der Waals surface area contributed by atoms with E-state index in [-0.39, 0.29) is 5.92 Å². The fourth-order valence-electron chi connectivity index (χ4n) is 1.80. The molecule has 1 unspecified atom stereocenters. The van der Waals surface area contributed by atoms with Crippen LogP contribution in [0.25, 0.3) is 5.65 Å². The molecule has 2 rings (SSSR count). The van der Waals surface area contributed by atoms with E-state index in [1.165, 1.54) is 0 Å². The molecule has 2 heterocycles. The quantitative estimate of drug-likeness (QED) is 0.842. The van der Waals surface area contributed by atoms with Crippen LogP contribution >= 0.6 is 0 Å². The molecule has 0 aliphatic heterocycles. The first-order valence-corrected chi connectivity index (χ1v) is 5.87. The number of fused-ring (bicyclic) bond motifs is 1. The maximum atomic E-state index is 11.3. The summed E-state index contributed by atoms with van der Waals surface area (Å²) in [5.74, 6) is 0.0950. The first kappa shape index (κ1) is 12.3. The Morgan fingerprint density at radius 1 is 1.44 bits per heavy atom. The van der Waals surface area contributed by atoms with Crippen molar-refractivity contribution >= 4 is 17.5 Å². The van der Waals surface area contributed by atoms with Crippen molar-refractivity contribution in [1.29, 1.82) is 0 Å². The number of pyridine rings is 1. The Kier molecular flexibility index (Phi) is 3.18. The summed E-state index contributed by atoms with van der Waals surface area (Å²) in [6.45, 7) is 5.78. The van der Waals surface area contributed by atoms with E-state index in [4.69, 9.17) is 5.73 Å². The Balaban J connectivity index is 2.32. The number of nitrogens with zero attached hydrogens (tertiary/aromatic N) is 3. The highest BCUT2D eigenvalue weighted by molar-refractivity contribution is 5.82. The molecule has 6 nitrogen and oxygen atoms in total. The van der Waals surface area contributed by atoms with Crippen molar-refractivity contribution in [2.24, 2.45) is 11.7 Å². The van der Waals surface area contributed by atoms with Gasteiger partial charge in [0.1, 0.15) is 6.04 Å². The zero-order valence-corrected chi connectivity index (χ0v) is 10.7. The summed E-state index contributed by atoms with van der Waals surface area (Å²) >= 11 is 0. The van der Waals surface area contributed by atoms with Crippen LogP contribution in [0.5, 0.6) is 0 Å². The summed E-state index contributed by atoms with van der Waals surface area (Å²) in [6, 6.07) is 5.25. The van der Waals surface area contributed by atoms with Crippen molar-refractivity contribution in [3.63, 3.8) is 0 Å². The molecule has 0 aliphatic rings. The van der Waals surface area contributed by atoms with E-state index >= 15 is 0 Å². The molecular weight excluding hydrogens is 230 g/mol. The van der Waals surface area contributed by atoms with E-state index in [2.05, 4.69) is 15.4 Å². The number of carbonyl (C=O) groups is 1. The van der Waals surface area contributed by atoms with Gasteiger partial charge < -0.3 is 11.1 Å². The van der Waals surface area contributed by atoms with Crippen LogP contribution in [0, 0.1) is 12.8 Å². The van der Waals surface area contributed by atoms with Gasteiger partial charge in [-0.05, 0) is 25.0 Å². The number of aromatic nitrogens is 3. The Labute approximate surface area is 105 Å². The molecule has 0 spiro atoms. The zero-order chi connectivity index (χ0) is 13.3. The second-order valence-electron chi connectivity index (χ2n) is 4.64. The summed E-state index contributed by atoms with van der Waals surface area (Å²) < 4.78 is 1.72. The molecule has 18 heavy (non-hydrogen) atoms. The third-order valence-electron chi connectivity index (χ3n) is 2.81. The predicted octanol–water partition coefficient (Wildman–Crippen LogP) is 0.960. The maximum Gasteiger partial charge on any atom is 0.243 e. The van der Waals surface area contributed by atoms with Crippen LogP contribution in [0.15, 0.2) is 18.2 Å². The van der Waals surface area contributed by atoms with Gasteiger partial charge in [0.15, 0.2) is 5.65 Å². The molecule has 0 bridgehead atoms. The lowest BCUT2D eigenvalue weighted by Crippen LogP contribution is -2.39. The van der Waals surface area contributed by atoms with Crippen LogP contribution in [0.4, 0.5) is 5.95 Å². The largest absolute Gasteiger partial charge is 0.368 e. The normalized spacial score (nSPS) is 12.9. The Bertz CT molecular complexity index is 575. The third kappa shape index (κ3) is 2.27. The smallest absolute Gasteiger partial charge is 0.243 e. The number of hydrogen-bond donors (Lipinski definition) is 2. The molecule has 0 aliphatic carbocycles. The summed E-state index contributed by atoms with van der Waals surface area (Å²) in [6.07, 6.45) is 0. The van der Waals surface area contributed by atoms with E-state index < -0.39 is 11.9 Å². The number of carbonyl (C=O) groups excluding carboxylic acids is 1. The van der Waals surface area contributed by atoms with Gasteiger partial charge in [-0.1, -0.05) is 19.9 Å². The Morgan fingerprint density at radius 2 is 2.17 bits per heavy atom. The number of nitrogens with one attached hydrogen (secondary N) is 1. The predicted molar refractivity (Wildman–Crippen MR) is 69.2 cm³/mol. The highest BCUT2D eigenvalue weighted by atomic mass is 16.1. The molecule has 0 fully saturated rings. The fraction of sp³-hybridized carbons (Fsp3) is 0.417. The van der Waals surface area contributed by atoms with Crippen molar-refractivity contribution in [1.82, 2.24) is 14.6 Å².